The number of hydrogen-bond acceptors (Lipinski definition) is 3. The van der Waals surface area contributed by atoms with Crippen LogP contribution in [0, 0.1) is 0 Å². The highest BCUT2D eigenvalue weighted by molar-refractivity contribution is 5.94. The number of hydrogen-bond donors (Lipinski definition) is 2. The lowest BCUT2D eigenvalue weighted by Gasteiger charge is -2.27. The van der Waals surface area contributed by atoms with Gasteiger partial charge in [0.05, 0.1) is 6.10 Å². The third-order valence-electron chi connectivity index (χ3n) is 3.57. The molecular weight excluding hydrogens is 292 g/mol. The number of carbonyl (C=O) groups excluding carboxylic acids is 1. The Morgan fingerprint density at radius 3 is 2.30 bits per heavy atom. The number of pyridine rings is 1. The molecule has 23 heavy (non-hydrogen) atoms. The normalized spacial score (nSPS) is 12.2. The van der Waals surface area contributed by atoms with Gasteiger partial charge in [0.1, 0.15) is 5.56 Å². The fourth-order valence-electron chi connectivity index (χ4n) is 2.40. The second kappa shape index (κ2) is 7.24. The van der Waals surface area contributed by atoms with Gasteiger partial charge >= 0.3 is 0 Å². The summed E-state index contributed by atoms with van der Waals surface area (Å²) in [5, 5.41) is 9.55. The number of amides is 1. The first-order valence-electron chi connectivity index (χ1n) is 7.68. The molecule has 1 atom stereocenters. The number of rotatable bonds is 5. The number of benzene rings is 1. The molecule has 0 saturated heterocycles. The number of aliphatic hydroxyl groups is 1. The van der Waals surface area contributed by atoms with Crippen LogP contribution in [0.1, 0.15) is 31.1 Å². The van der Waals surface area contributed by atoms with Crippen molar-refractivity contribution in [1.29, 1.82) is 0 Å². The summed E-state index contributed by atoms with van der Waals surface area (Å²) in [6, 6.07) is 12.6. The molecule has 2 rings (SSSR count). The molecule has 0 fully saturated rings. The SMILES string of the molecule is CC(O)CN(C(=O)c1ccc(-c2ccccc2)[nH]c1=O)C(C)C. The minimum atomic E-state index is -0.649. The summed E-state index contributed by atoms with van der Waals surface area (Å²) in [5.74, 6) is -0.373. The molecule has 1 unspecified atom stereocenters. The van der Waals surface area contributed by atoms with Crippen LogP contribution in [0.25, 0.3) is 11.3 Å². The first kappa shape index (κ1) is 17.0. The van der Waals surface area contributed by atoms with E-state index in [1.54, 1.807) is 19.1 Å². The number of aliphatic hydroxyl groups excluding tert-OH is 1. The molecule has 1 amide bonds. The quantitative estimate of drug-likeness (QED) is 0.889. The smallest absolute Gasteiger partial charge is 0.261 e. The molecule has 0 aliphatic heterocycles. The maximum Gasteiger partial charge on any atom is 0.261 e. The lowest BCUT2D eigenvalue weighted by Crippen LogP contribution is -2.43. The molecule has 1 aromatic carbocycles. The molecule has 5 heteroatoms. The van der Waals surface area contributed by atoms with E-state index in [2.05, 4.69) is 4.98 Å². The highest BCUT2D eigenvalue weighted by atomic mass is 16.3. The van der Waals surface area contributed by atoms with E-state index < -0.39 is 11.7 Å². The Kier molecular flexibility index (Phi) is 5.34. The van der Waals surface area contributed by atoms with Crippen molar-refractivity contribution in [3.05, 3.63) is 58.4 Å². The first-order chi connectivity index (χ1) is 10.9. The fourth-order valence-corrected chi connectivity index (χ4v) is 2.40. The molecule has 0 radical (unpaired) electrons. The molecule has 0 aliphatic carbocycles. The van der Waals surface area contributed by atoms with Crippen molar-refractivity contribution in [3.8, 4) is 11.3 Å². The average molecular weight is 314 g/mol. The van der Waals surface area contributed by atoms with Crippen molar-refractivity contribution in [3.63, 3.8) is 0 Å². The molecule has 0 bridgehead atoms. The number of aromatic amines is 1. The summed E-state index contributed by atoms with van der Waals surface area (Å²) in [6.07, 6.45) is -0.649. The van der Waals surface area contributed by atoms with Crippen LogP contribution in [0.15, 0.2) is 47.3 Å². The molecule has 5 nitrogen and oxygen atoms in total. The predicted octanol–water partition coefficient (Wildman–Crippen LogP) is 2.27. The fraction of sp³-hybridized carbons (Fsp3) is 0.333. The Morgan fingerprint density at radius 2 is 1.78 bits per heavy atom. The summed E-state index contributed by atoms with van der Waals surface area (Å²) in [6.45, 7) is 5.52. The van der Waals surface area contributed by atoms with Crippen molar-refractivity contribution in [2.45, 2.75) is 32.9 Å². The molecule has 1 heterocycles. The Balaban J connectivity index is 2.33. The number of aromatic nitrogens is 1. The minimum Gasteiger partial charge on any atom is -0.392 e. The van der Waals surface area contributed by atoms with Crippen LogP contribution in [0.5, 0.6) is 0 Å². The van der Waals surface area contributed by atoms with Gasteiger partial charge in [-0.2, -0.15) is 0 Å². The van der Waals surface area contributed by atoms with E-state index in [9.17, 15) is 14.7 Å². The van der Waals surface area contributed by atoms with E-state index in [4.69, 9.17) is 0 Å². The van der Waals surface area contributed by atoms with Gasteiger partial charge in [0.2, 0.25) is 0 Å². The minimum absolute atomic E-state index is 0.0824. The van der Waals surface area contributed by atoms with Gasteiger partial charge in [-0.15, -0.1) is 0 Å². The predicted molar refractivity (Wildman–Crippen MR) is 90.4 cm³/mol. The maximum atomic E-state index is 12.6. The Bertz CT molecular complexity index is 721. The summed E-state index contributed by atoms with van der Waals surface area (Å²) in [5.41, 5.74) is 1.21. The average Bonchev–Trinajstić information content (AvgIpc) is 2.52. The monoisotopic (exact) mass is 314 g/mol. The summed E-state index contributed by atoms with van der Waals surface area (Å²) >= 11 is 0. The largest absolute Gasteiger partial charge is 0.392 e. The Hall–Kier alpha value is -2.40. The molecule has 122 valence electrons. The number of nitrogens with zero attached hydrogens (tertiary/aromatic N) is 1. The Morgan fingerprint density at radius 1 is 1.13 bits per heavy atom. The van der Waals surface area contributed by atoms with Gasteiger partial charge < -0.3 is 15.0 Å². The van der Waals surface area contributed by atoms with E-state index in [1.807, 2.05) is 44.2 Å². The van der Waals surface area contributed by atoms with Crippen LogP contribution in [0.3, 0.4) is 0 Å². The van der Waals surface area contributed by atoms with Gasteiger partial charge in [-0.05, 0) is 38.5 Å². The van der Waals surface area contributed by atoms with Crippen LogP contribution in [-0.4, -0.2) is 39.6 Å². The van der Waals surface area contributed by atoms with Crippen LogP contribution in [-0.2, 0) is 0 Å². The van der Waals surface area contributed by atoms with E-state index in [0.29, 0.717) is 5.69 Å². The van der Waals surface area contributed by atoms with Gasteiger partial charge in [-0.1, -0.05) is 30.3 Å². The van der Waals surface area contributed by atoms with Crippen molar-refractivity contribution < 1.29 is 9.90 Å². The van der Waals surface area contributed by atoms with Crippen molar-refractivity contribution in [2.75, 3.05) is 6.54 Å². The zero-order valence-electron chi connectivity index (χ0n) is 13.6. The lowest BCUT2D eigenvalue weighted by atomic mass is 10.1. The first-order valence-corrected chi connectivity index (χ1v) is 7.68. The van der Waals surface area contributed by atoms with Gasteiger partial charge in [0.15, 0.2) is 0 Å². The van der Waals surface area contributed by atoms with E-state index in [1.165, 1.54) is 4.90 Å². The van der Waals surface area contributed by atoms with E-state index in [-0.39, 0.29) is 24.1 Å². The second-order valence-electron chi connectivity index (χ2n) is 5.88. The molecular formula is C18H22N2O3. The maximum absolute atomic E-state index is 12.6. The van der Waals surface area contributed by atoms with Crippen molar-refractivity contribution in [2.24, 2.45) is 0 Å². The molecule has 0 aliphatic rings. The number of carbonyl (C=O) groups is 1. The highest BCUT2D eigenvalue weighted by Gasteiger charge is 2.22. The summed E-state index contributed by atoms with van der Waals surface area (Å²) < 4.78 is 0. The summed E-state index contributed by atoms with van der Waals surface area (Å²) in [4.78, 5) is 29.1. The van der Waals surface area contributed by atoms with Crippen LogP contribution in [0.2, 0.25) is 0 Å². The molecule has 2 aromatic rings. The van der Waals surface area contributed by atoms with Crippen LogP contribution >= 0.6 is 0 Å². The van der Waals surface area contributed by atoms with Gasteiger partial charge in [-0.25, -0.2) is 0 Å². The second-order valence-corrected chi connectivity index (χ2v) is 5.88. The zero-order valence-corrected chi connectivity index (χ0v) is 13.6. The van der Waals surface area contributed by atoms with E-state index in [0.717, 1.165) is 5.56 Å². The molecule has 2 N–H and O–H groups in total. The van der Waals surface area contributed by atoms with Gasteiger partial charge in [0.25, 0.3) is 11.5 Å². The molecule has 1 aromatic heterocycles. The number of H-pyrrole nitrogens is 1. The van der Waals surface area contributed by atoms with Gasteiger partial charge in [0, 0.05) is 18.3 Å². The zero-order chi connectivity index (χ0) is 17.0. The van der Waals surface area contributed by atoms with Crippen LogP contribution < -0.4 is 5.56 Å². The summed E-state index contributed by atoms with van der Waals surface area (Å²) in [7, 11) is 0. The number of nitrogens with one attached hydrogen (secondary N) is 1. The topological polar surface area (TPSA) is 73.4 Å². The molecule has 0 spiro atoms. The molecule has 0 saturated carbocycles. The van der Waals surface area contributed by atoms with Gasteiger partial charge in [-0.3, -0.25) is 9.59 Å². The Labute approximate surface area is 135 Å². The lowest BCUT2D eigenvalue weighted by molar-refractivity contribution is 0.0577. The third-order valence-corrected chi connectivity index (χ3v) is 3.57. The van der Waals surface area contributed by atoms with Crippen molar-refractivity contribution in [1.82, 2.24) is 9.88 Å². The van der Waals surface area contributed by atoms with Crippen molar-refractivity contribution >= 4 is 5.91 Å². The van der Waals surface area contributed by atoms with Crippen LogP contribution in [0.4, 0.5) is 0 Å². The van der Waals surface area contributed by atoms with E-state index >= 15 is 0 Å². The third kappa shape index (κ3) is 4.07. The highest BCUT2D eigenvalue weighted by Crippen LogP contribution is 2.15. The standard InChI is InChI=1S/C18H22N2O3/c1-12(2)20(11-13(3)21)18(23)15-9-10-16(19-17(15)22)14-7-5-4-6-8-14/h4-10,12-13,21H,11H2,1-3H3,(H,19,22).